The van der Waals surface area contributed by atoms with Crippen LogP contribution in [0.25, 0.3) is 0 Å². The maximum absolute atomic E-state index is 13.3. The van der Waals surface area contributed by atoms with E-state index in [0.717, 1.165) is 6.92 Å². The molecule has 0 unspecified atom stereocenters. The lowest BCUT2D eigenvalue weighted by molar-refractivity contribution is 0.0174. The summed E-state index contributed by atoms with van der Waals surface area (Å²) in [5.41, 5.74) is 0.994. The van der Waals surface area contributed by atoms with Crippen molar-refractivity contribution in [3.05, 3.63) is 65.2 Å². The minimum Gasteiger partial charge on any atom is -0.468 e. The minimum absolute atomic E-state index is 0.0751. The van der Waals surface area contributed by atoms with Crippen LogP contribution < -0.4 is 10.1 Å². The standard InChI is InChI=1S/C18H19F2NO3/c1-18(19,20)15-5-3-4-13(10-15)11-21-17(22)14-6-8-16(9-7-14)24-12-23-2/h3-10H,11-12H2,1-2H3,(H,21,22). The Morgan fingerprint density at radius 3 is 2.50 bits per heavy atom. The van der Waals surface area contributed by atoms with Crippen molar-refractivity contribution in [1.82, 2.24) is 5.32 Å². The Morgan fingerprint density at radius 2 is 1.88 bits per heavy atom. The molecule has 0 aliphatic carbocycles. The number of nitrogens with one attached hydrogen (secondary N) is 1. The van der Waals surface area contributed by atoms with E-state index in [-0.39, 0.29) is 24.8 Å². The molecule has 1 N–H and O–H groups in total. The highest BCUT2D eigenvalue weighted by molar-refractivity contribution is 5.94. The summed E-state index contributed by atoms with van der Waals surface area (Å²) >= 11 is 0. The molecule has 0 aliphatic rings. The second-order valence-electron chi connectivity index (χ2n) is 5.35. The van der Waals surface area contributed by atoms with E-state index in [4.69, 9.17) is 9.47 Å². The van der Waals surface area contributed by atoms with Crippen LogP contribution in [-0.2, 0) is 17.2 Å². The van der Waals surface area contributed by atoms with Crippen molar-refractivity contribution in [2.75, 3.05) is 13.9 Å². The second-order valence-corrected chi connectivity index (χ2v) is 5.35. The van der Waals surface area contributed by atoms with E-state index >= 15 is 0 Å². The number of hydrogen-bond acceptors (Lipinski definition) is 3. The summed E-state index contributed by atoms with van der Waals surface area (Å²) in [6.45, 7) is 1.15. The number of hydrogen-bond donors (Lipinski definition) is 1. The average Bonchev–Trinajstić information content (AvgIpc) is 2.58. The third-order valence-electron chi connectivity index (χ3n) is 3.35. The van der Waals surface area contributed by atoms with Crippen LogP contribution in [0, 0.1) is 0 Å². The normalized spacial score (nSPS) is 11.2. The minimum atomic E-state index is -2.90. The highest BCUT2D eigenvalue weighted by Crippen LogP contribution is 2.27. The van der Waals surface area contributed by atoms with Crippen LogP contribution in [0.5, 0.6) is 5.75 Å². The predicted molar refractivity (Wildman–Crippen MR) is 86.1 cm³/mol. The number of halogens is 2. The molecule has 0 saturated heterocycles. The predicted octanol–water partition coefficient (Wildman–Crippen LogP) is 3.71. The summed E-state index contributed by atoms with van der Waals surface area (Å²) in [4.78, 5) is 12.1. The van der Waals surface area contributed by atoms with Gasteiger partial charge in [-0.15, -0.1) is 0 Å². The molecule has 2 rings (SSSR count). The Morgan fingerprint density at radius 1 is 1.17 bits per heavy atom. The molecule has 0 spiro atoms. The van der Waals surface area contributed by atoms with Gasteiger partial charge in [0.25, 0.3) is 11.8 Å². The summed E-state index contributed by atoms with van der Waals surface area (Å²) in [7, 11) is 1.52. The number of methoxy groups -OCH3 is 1. The van der Waals surface area contributed by atoms with Crippen molar-refractivity contribution in [3.63, 3.8) is 0 Å². The first-order chi connectivity index (χ1) is 11.4. The summed E-state index contributed by atoms with van der Waals surface area (Å²) in [5, 5.41) is 2.71. The maximum atomic E-state index is 13.3. The number of alkyl halides is 2. The highest BCUT2D eigenvalue weighted by Gasteiger charge is 2.24. The van der Waals surface area contributed by atoms with E-state index in [0.29, 0.717) is 16.9 Å². The van der Waals surface area contributed by atoms with Crippen LogP contribution in [0.15, 0.2) is 48.5 Å². The van der Waals surface area contributed by atoms with Crippen LogP contribution >= 0.6 is 0 Å². The largest absolute Gasteiger partial charge is 0.468 e. The van der Waals surface area contributed by atoms with Crippen LogP contribution in [0.1, 0.15) is 28.4 Å². The Kier molecular flexibility index (Phi) is 5.87. The lowest BCUT2D eigenvalue weighted by Gasteiger charge is -2.12. The van der Waals surface area contributed by atoms with Gasteiger partial charge in [0.1, 0.15) is 5.75 Å². The zero-order valence-corrected chi connectivity index (χ0v) is 13.5. The molecule has 2 aromatic rings. The van der Waals surface area contributed by atoms with Crippen LogP contribution in [0.4, 0.5) is 8.78 Å². The quantitative estimate of drug-likeness (QED) is 0.785. The van der Waals surface area contributed by atoms with Crippen molar-refractivity contribution in [2.24, 2.45) is 0 Å². The molecule has 6 heteroatoms. The first kappa shape index (κ1) is 17.9. The lowest BCUT2D eigenvalue weighted by Crippen LogP contribution is -2.23. The zero-order valence-electron chi connectivity index (χ0n) is 13.5. The molecule has 128 valence electrons. The summed E-state index contributed by atoms with van der Waals surface area (Å²) in [5.74, 6) is -2.61. The number of ether oxygens (including phenoxy) is 2. The van der Waals surface area contributed by atoms with Crippen LogP contribution in [-0.4, -0.2) is 19.8 Å². The maximum Gasteiger partial charge on any atom is 0.270 e. The van der Waals surface area contributed by atoms with Gasteiger partial charge in [-0.3, -0.25) is 4.79 Å². The molecule has 0 bridgehead atoms. The molecule has 1 amide bonds. The summed E-state index contributed by atoms with van der Waals surface area (Å²) in [6.07, 6.45) is 0. The Bertz CT molecular complexity index is 681. The zero-order chi connectivity index (χ0) is 17.6. The monoisotopic (exact) mass is 335 g/mol. The smallest absolute Gasteiger partial charge is 0.270 e. The second kappa shape index (κ2) is 7.88. The summed E-state index contributed by atoms with van der Waals surface area (Å²) in [6, 6.07) is 12.6. The number of amides is 1. The molecule has 0 fully saturated rings. The summed E-state index contributed by atoms with van der Waals surface area (Å²) < 4.78 is 36.7. The molecule has 0 radical (unpaired) electrons. The van der Waals surface area contributed by atoms with Crippen molar-refractivity contribution in [2.45, 2.75) is 19.4 Å². The van der Waals surface area contributed by atoms with Gasteiger partial charge in [-0.05, 0) is 35.9 Å². The first-order valence-electron chi connectivity index (χ1n) is 7.37. The van der Waals surface area contributed by atoms with Gasteiger partial charge in [0.05, 0.1) is 0 Å². The molecule has 4 nitrogen and oxygen atoms in total. The van der Waals surface area contributed by atoms with Gasteiger partial charge >= 0.3 is 0 Å². The molecule has 2 aromatic carbocycles. The Hall–Kier alpha value is -2.47. The SMILES string of the molecule is COCOc1ccc(C(=O)NCc2cccc(C(C)(F)F)c2)cc1. The first-order valence-corrected chi connectivity index (χ1v) is 7.37. The van der Waals surface area contributed by atoms with Crippen molar-refractivity contribution >= 4 is 5.91 Å². The van der Waals surface area contributed by atoms with Gasteiger partial charge in [-0.1, -0.05) is 18.2 Å². The van der Waals surface area contributed by atoms with Gasteiger partial charge in [0.15, 0.2) is 6.79 Å². The molecule has 0 aromatic heterocycles. The van der Waals surface area contributed by atoms with E-state index in [9.17, 15) is 13.6 Å². The highest BCUT2D eigenvalue weighted by atomic mass is 19.3. The van der Waals surface area contributed by atoms with Crippen LogP contribution in [0.3, 0.4) is 0 Å². The fourth-order valence-corrected chi connectivity index (χ4v) is 2.07. The number of carbonyl (C=O) groups is 1. The van der Waals surface area contributed by atoms with E-state index in [2.05, 4.69) is 5.32 Å². The fraction of sp³-hybridized carbons (Fsp3) is 0.278. The number of rotatable bonds is 7. The molecule has 0 aliphatic heterocycles. The topological polar surface area (TPSA) is 47.6 Å². The van der Waals surface area contributed by atoms with E-state index in [1.165, 1.54) is 19.2 Å². The van der Waals surface area contributed by atoms with Gasteiger partial charge in [-0.25, -0.2) is 8.78 Å². The third kappa shape index (κ3) is 5.03. The Balaban J connectivity index is 1.95. The molecular formula is C18H19F2NO3. The van der Waals surface area contributed by atoms with E-state index in [1.807, 2.05) is 0 Å². The van der Waals surface area contributed by atoms with Crippen LogP contribution in [0.2, 0.25) is 0 Å². The van der Waals surface area contributed by atoms with Crippen molar-refractivity contribution < 1.29 is 23.0 Å². The number of benzene rings is 2. The van der Waals surface area contributed by atoms with Gasteiger partial charge in [0, 0.05) is 31.7 Å². The van der Waals surface area contributed by atoms with Gasteiger partial charge in [-0.2, -0.15) is 0 Å². The fourth-order valence-electron chi connectivity index (χ4n) is 2.07. The van der Waals surface area contributed by atoms with Crippen molar-refractivity contribution in [1.29, 1.82) is 0 Å². The Labute approximate surface area is 139 Å². The third-order valence-corrected chi connectivity index (χ3v) is 3.35. The molecule has 24 heavy (non-hydrogen) atoms. The van der Waals surface area contributed by atoms with Crippen molar-refractivity contribution in [3.8, 4) is 5.75 Å². The molecular weight excluding hydrogens is 316 g/mol. The molecule has 0 saturated carbocycles. The molecule has 0 heterocycles. The van der Waals surface area contributed by atoms with Gasteiger partial charge in [0.2, 0.25) is 0 Å². The lowest BCUT2D eigenvalue weighted by atomic mass is 10.1. The van der Waals surface area contributed by atoms with Gasteiger partial charge < -0.3 is 14.8 Å². The number of carbonyl (C=O) groups excluding carboxylic acids is 1. The van der Waals surface area contributed by atoms with E-state index < -0.39 is 5.92 Å². The molecule has 0 atom stereocenters. The average molecular weight is 335 g/mol. The van der Waals surface area contributed by atoms with E-state index in [1.54, 1.807) is 36.4 Å².